The summed E-state index contributed by atoms with van der Waals surface area (Å²) in [7, 11) is 1.64. The second-order valence-electron chi connectivity index (χ2n) is 7.54. The Labute approximate surface area is 187 Å². The lowest BCUT2D eigenvalue weighted by Crippen LogP contribution is -2.32. The fourth-order valence-corrected chi connectivity index (χ4v) is 3.91. The van der Waals surface area contributed by atoms with Crippen LogP contribution in [0, 0.1) is 5.92 Å². The van der Waals surface area contributed by atoms with Crippen LogP contribution in [0.25, 0.3) is 0 Å². The number of hydrogen-bond acceptors (Lipinski definition) is 3. The Morgan fingerprint density at radius 3 is 2.39 bits per heavy atom. The van der Waals surface area contributed by atoms with E-state index in [2.05, 4.69) is 24.4 Å². The molecule has 0 bridgehead atoms. The smallest absolute Gasteiger partial charge is 0.342 e. The van der Waals surface area contributed by atoms with Crippen LogP contribution in [0.2, 0.25) is 5.02 Å². The van der Waals surface area contributed by atoms with E-state index in [0.29, 0.717) is 17.3 Å². The van der Waals surface area contributed by atoms with Gasteiger partial charge < -0.3 is 10.1 Å². The lowest BCUT2D eigenvalue weighted by Gasteiger charge is -2.22. The molecule has 31 heavy (non-hydrogen) atoms. The minimum Gasteiger partial charge on any atom is -0.497 e. The number of amides is 2. The zero-order chi connectivity index (χ0) is 21.8. The van der Waals surface area contributed by atoms with Gasteiger partial charge in [-0.25, -0.2) is 9.80 Å². The van der Waals surface area contributed by atoms with Gasteiger partial charge in [-0.3, -0.25) is 0 Å². The molecule has 0 fully saturated rings. The number of rotatable bonds is 5. The van der Waals surface area contributed by atoms with Crippen molar-refractivity contribution in [3.8, 4) is 5.75 Å². The van der Waals surface area contributed by atoms with Crippen molar-refractivity contribution in [3.05, 3.63) is 95.0 Å². The molecule has 1 aliphatic rings. The molecule has 3 aromatic carbocycles. The van der Waals surface area contributed by atoms with E-state index in [0.717, 1.165) is 17.0 Å². The van der Waals surface area contributed by atoms with Gasteiger partial charge in [0.05, 0.1) is 19.4 Å². The first-order valence-corrected chi connectivity index (χ1v) is 10.5. The number of hydrazone groups is 1. The molecular formula is C25H24ClN3O2. The van der Waals surface area contributed by atoms with E-state index in [1.54, 1.807) is 31.4 Å². The number of hydrogen-bond donors (Lipinski definition) is 1. The molecule has 0 saturated carbocycles. The predicted octanol–water partition coefficient (Wildman–Crippen LogP) is 6.02. The number of halogens is 1. The normalized spacial score (nSPS) is 16.5. The average molecular weight is 434 g/mol. The zero-order valence-corrected chi connectivity index (χ0v) is 18.2. The molecule has 1 unspecified atom stereocenters. The van der Waals surface area contributed by atoms with Crippen molar-refractivity contribution in [1.82, 2.24) is 5.01 Å². The molecule has 1 aliphatic heterocycles. The first-order chi connectivity index (χ1) is 15.0. The third kappa shape index (κ3) is 4.72. The predicted molar refractivity (Wildman–Crippen MR) is 125 cm³/mol. The fourth-order valence-electron chi connectivity index (χ4n) is 3.78. The van der Waals surface area contributed by atoms with Crippen LogP contribution in [0.4, 0.5) is 10.5 Å². The molecule has 0 saturated heterocycles. The Kier molecular flexibility index (Phi) is 6.23. The Hall–Kier alpha value is -3.31. The van der Waals surface area contributed by atoms with Gasteiger partial charge in [-0.15, -0.1) is 0 Å². The molecule has 3 aromatic rings. The molecule has 0 aliphatic carbocycles. The maximum absolute atomic E-state index is 12.9. The van der Waals surface area contributed by atoms with Gasteiger partial charge in [-0.1, -0.05) is 48.9 Å². The van der Waals surface area contributed by atoms with Crippen LogP contribution < -0.4 is 10.1 Å². The van der Waals surface area contributed by atoms with E-state index in [4.69, 9.17) is 21.4 Å². The zero-order valence-electron chi connectivity index (χ0n) is 17.5. The number of ether oxygens (including phenoxy) is 1. The van der Waals surface area contributed by atoms with Gasteiger partial charge in [-0.2, -0.15) is 5.10 Å². The molecule has 1 heterocycles. The molecule has 1 N–H and O–H groups in total. The highest BCUT2D eigenvalue weighted by atomic mass is 35.5. The number of methoxy groups -OCH3 is 1. The maximum atomic E-state index is 12.9. The molecule has 158 valence electrons. The van der Waals surface area contributed by atoms with E-state index in [9.17, 15) is 4.79 Å². The monoisotopic (exact) mass is 433 g/mol. The molecule has 0 aromatic heterocycles. The molecular weight excluding hydrogens is 410 g/mol. The van der Waals surface area contributed by atoms with E-state index >= 15 is 0 Å². The molecule has 5 nitrogen and oxygen atoms in total. The quantitative estimate of drug-likeness (QED) is 0.534. The van der Waals surface area contributed by atoms with E-state index in [-0.39, 0.29) is 17.9 Å². The van der Waals surface area contributed by atoms with Crippen LogP contribution in [0.5, 0.6) is 5.75 Å². The Balaban J connectivity index is 1.61. The highest BCUT2D eigenvalue weighted by Crippen LogP contribution is 2.33. The molecule has 0 spiro atoms. The summed E-state index contributed by atoms with van der Waals surface area (Å²) in [4.78, 5) is 12.9. The topological polar surface area (TPSA) is 53.9 Å². The number of carbonyl (C=O) groups is 1. The Morgan fingerprint density at radius 2 is 1.74 bits per heavy atom. The lowest BCUT2D eigenvalue weighted by molar-refractivity contribution is 0.214. The molecule has 0 radical (unpaired) electrons. The van der Waals surface area contributed by atoms with Crippen molar-refractivity contribution in [3.63, 3.8) is 0 Å². The van der Waals surface area contributed by atoms with Gasteiger partial charge in [0.25, 0.3) is 0 Å². The van der Waals surface area contributed by atoms with Gasteiger partial charge >= 0.3 is 6.03 Å². The van der Waals surface area contributed by atoms with Crippen LogP contribution >= 0.6 is 11.6 Å². The standard InChI is InChI=1S/C25H24ClN3O2/c1-17(18-6-4-3-5-7-18)23-16-29(25(30)27-21-12-10-20(26)11-13-21)28-24(23)19-8-14-22(31-2)15-9-19/h3-15,17,23H,16H2,1-2H3,(H,27,30)/t17?,23-/m1/s1. The lowest BCUT2D eigenvalue weighted by atomic mass is 9.82. The molecule has 4 rings (SSSR count). The highest BCUT2D eigenvalue weighted by Gasteiger charge is 2.35. The van der Waals surface area contributed by atoms with E-state index in [1.807, 2.05) is 42.5 Å². The van der Waals surface area contributed by atoms with Crippen molar-refractivity contribution in [1.29, 1.82) is 0 Å². The van der Waals surface area contributed by atoms with E-state index in [1.165, 1.54) is 10.6 Å². The van der Waals surface area contributed by atoms with Crippen molar-refractivity contribution in [2.24, 2.45) is 11.0 Å². The van der Waals surface area contributed by atoms with Gasteiger partial charge in [0, 0.05) is 16.6 Å². The number of anilines is 1. The highest BCUT2D eigenvalue weighted by molar-refractivity contribution is 6.30. The van der Waals surface area contributed by atoms with E-state index < -0.39 is 0 Å². The molecule has 6 heteroatoms. The third-order valence-corrected chi connectivity index (χ3v) is 5.85. The number of carbonyl (C=O) groups excluding carboxylic acids is 1. The Bertz CT molecular complexity index is 1070. The van der Waals surface area contributed by atoms with Crippen molar-refractivity contribution >= 4 is 29.0 Å². The number of benzene rings is 3. The largest absolute Gasteiger partial charge is 0.497 e. The van der Waals surface area contributed by atoms with Gasteiger partial charge in [0.1, 0.15) is 5.75 Å². The van der Waals surface area contributed by atoms with Crippen LogP contribution in [0.15, 0.2) is 84.0 Å². The van der Waals surface area contributed by atoms with Crippen LogP contribution in [0.1, 0.15) is 24.0 Å². The summed E-state index contributed by atoms with van der Waals surface area (Å²) in [5, 5.41) is 9.76. The maximum Gasteiger partial charge on any atom is 0.342 e. The SMILES string of the molecule is COc1ccc(C2=NN(C(=O)Nc3ccc(Cl)cc3)C[C@@H]2C(C)c2ccccc2)cc1. The summed E-state index contributed by atoms with van der Waals surface area (Å²) >= 11 is 5.94. The number of nitrogens with zero attached hydrogens (tertiary/aromatic N) is 2. The number of nitrogens with one attached hydrogen (secondary N) is 1. The molecule has 2 atom stereocenters. The molecule has 2 amide bonds. The van der Waals surface area contributed by atoms with Gasteiger partial charge in [0.15, 0.2) is 0 Å². The third-order valence-electron chi connectivity index (χ3n) is 5.59. The van der Waals surface area contributed by atoms with Crippen molar-refractivity contribution < 1.29 is 9.53 Å². The van der Waals surface area contributed by atoms with Crippen LogP contribution in [-0.2, 0) is 0 Å². The van der Waals surface area contributed by atoms with Crippen molar-refractivity contribution in [2.75, 3.05) is 19.0 Å². The van der Waals surface area contributed by atoms with Crippen LogP contribution in [0.3, 0.4) is 0 Å². The summed E-state index contributed by atoms with van der Waals surface area (Å²) in [6.45, 7) is 2.68. The summed E-state index contributed by atoms with van der Waals surface area (Å²) in [6, 6.07) is 24.9. The average Bonchev–Trinajstić information content (AvgIpc) is 3.26. The minimum atomic E-state index is -0.268. The number of urea groups is 1. The van der Waals surface area contributed by atoms with Gasteiger partial charge in [0.2, 0.25) is 0 Å². The summed E-state index contributed by atoms with van der Waals surface area (Å²) < 4.78 is 5.29. The second-order valence-corrected chi connectivity index (χ2v) is 7.98. The van der Waals surface area contributed by atoms with Crippen LogP contribution in [-0.4, -0.2) is 30.4 Å². The van der Waals surface area contributed by atoms with Crippen molar-refractivity contribution in [2.45, 2.75) is 12.8 Å². The summed E-state index contributed by atoms with van der Waals surface area (Å²) in [5.74, 6) is 1.04. The Morgan fingerprint density at radius 1 is 1.06 bits per heavy atom. The fraction of sp³-hybridized carbons (Fsp3) is 0.200. The summed E-state index contributed by atoms with van der Waals surface area (Å²) in [5.41, 5.74) is 3.77. The first kappa shape index (κ1) is 20.9. The minimum absolute atomic E-state index is 0.0618. The second kappa shape index (κ2) is 9.23. The summed E-state index contributed by atoms with van der Waals surface area (Å²) in [6.07, 6.45) is 0. The first-order valence-electron chi connectivity index (χ1n) is 10.2. The van der Waals surface area contributed by atoms with Gasteiger partial charge in [-0.05, 0) is 65.6 Å².